The van der Waals surface area contributed by atoms with E-state index in [4.69, 9.17) is 4.74 Å². The number of sulfonamides is 1. The fourth-order valence-corrected chi connectivity index (χ4v) is 3.70. The number of methoxy groups -OCH3 is 1. The Morgan fingerprint density at radius 2 is 1.67 bits per heavy atom. The maximum atomic E-state index is 12.5. The average Bonchev–Trinajstić information content (AvgIpc) is 2.65. The Morgan fingerprint density at radius 1 is 1.07 bits per heavy atom. The predicted octanol–water partition coefficient (Wildman–Crippen LogP) is 2.43. The van der Waals surface area contributed by atoms with E-state index in [2.05, 4.69) is 5.32 Å². The van der Waals surface area contributed by atoms with Crippen molar-refractivity contribution in [3.8, 4) is 0 Å². The van der Waals surface area contributed by atoms with Crippen molar-refractivity contribution in [2.24, 2.45) is 0 Å². The van der Waals surface area contributed by atoms with Crippen LogP contribution in [0.15, 0.2) is 54.6 Å². The first kappa shape index (κ1) is 20.6. The molecule has 0 bridgehead atoms. The lowest BCUT2D eigenvalue weighted by atomic mass is 10.1. The van der Waals surface area contributed by atoms with Crippen molar-refractivity contribution in [3.63, 3.8) is 0 Å². The molecule has 0 aliphatic heterocycles. The zero-order valence-electron chi connectivity index (χ0n) is 15.4. The van der Waals surface area contributed by atoms with E-state index in [1.54, 1.807) is 49.4 Å². The molecule has 0 radical (unpaired) electrons. The van der Waals surface area contributed by atoms with E-state index in [1.165, 1.54) is 13.2 Å². The normalized spacial score (nSPS) is 12.4. The highest BCUT2D eigenvalue weighted by atomic mass is 32.2. The van der Waals surface area contributed by atoms with Crippen LogP contribution in [0.4, 0.5) is 5.69 Å². The molecule has 0 heterocycles. The third-order valence-corrected chi connectivity index (χ3v) is 5.34. The van der Waals surface area contributed by atoms with Crippen LogP contribution in [0.1, 0.15) is 28.9 Å². The Bertz CT molecular complexity index is 913. The van der Waals surface area contributed by atoms with Gasteiger partial charge in [-0.1, -0.05) is 42.5 Å². The van der Waals surface area contributed by atoms with Crippen LogP contribution in [-0.2, 0) is 19.6 Å². The van der Waals surface area contributed by atoms with Gasteiger partial charge in [-0.15, -0.1) is 0 Å². The van der Waals surface area contributed by atoms with E-state index < -0.39 is 27.9 Å². The van der Waals surface area contributed by atoms with Crippen LogP contribution < -0.4 is 5.32 Å². The fraction of sp³-hybridized carbons (Fsp3) is 0.263. The molecule has 2 aromatic rings. The molecule has 144 valence electrons. The number of nitrogens with zero attached hydrogens (tertiary/aromatic N) is 1. The lowest BCUT2D eigenvalue weighted by Crippen LogP contribution is -2.39. The second-order valence-corrected chi connectivity index (χ2v) is 7.92. The maximum absolute atomic E-state index is 12.5. The fourth-order valence-electron chi connectivity index (χ4n) is 2.65. The number of carbonyl (C=O) groups is 2. The maximum Gasteiger partial charge on any atom is 0.339 e. The first-order chi connectivity index (χ1) is 12.7. The number of hydrogen-bond acceptors (Lipinski definition) is 5. The Balaban J connectivity index is 2.22. The Hall–Kier alpha value is -2.71. The highest BCUT2D eigenvalue weighted by molar-refractivity contribution is 7.88. The van der Waals surface area contributed by atoms with Crippen molar-refractivity contribution in [2.45, 2.75) is 13.0 Å². The third-order valence-electron chi connectivity index (χ3n) is 4.05. The summed E-state index contributed by atoms with van der Waals surface area (Å²) in [5.41, 5.74) is 1.22. The van der Waals surface area contributed by atoms with Crippen LogP contribution in [0.25, 0.3) is 0 Å². The molecule has 0 fully saturated rings. The number of nitrogens with one attached hydrogen (secondary N) is 1. The summed E-state index contributed by atoms with van der Waals surface area (Å²) in [6, 6.07) is 14.9. The molecule has 0 aliphatic carbocycles. The summed E-state index contributed by atoms with van der Waals surface area (Å²) >= 11 is 0. The van der Waals surface area contributed by atoms with Crippen molar-refractivity contribution >= 4 is 27.6 Å². The van der Waals surface area contributed by atoms with E-state index in [1.807, 2.05) is 6.07 Å². The van der Waals surface area contributed by atoms with E-state index in [-0.39, 0.29) is 17.8 Å². The van der Waals surface area contributed by atoms with E-state index in [9.17, 15) is 18.0 Å². The SMILES string of the molecule is COC(=O)c1ccccc1NC(=O)CN(C(C)c1ccccc1)S(C)(=O)=O. The highest BCUT2D eigenvalue weighted by Gasteiger charge is 2.27. The summed E-state index contributed by atoms with van der Waals surface area (Å²) < 4.78 is 30.3. The van der Waals surface area contributed by atoms with Crippen LogP contribution in [0.3, 0.4) is 0 Å². The van der Waals surface area contributed by atoms with Crippen LogP contribution >= 0.6 is 0 Å². The summed E-state index contributed by atoms with van der Waals surface area (Å²) in [5.74, 6) is -1.15. The lowest BCUT2D eigenvalue weighted by Gasteiger charge is -2.26. The molecular weight excluding hydrogens is 368 g/mol. The van der Waals surface area contributed by atoms with E-state index >= 15 is 0 Å². The minimum atomic E-state index is -3.65. The van der Waals surface area contributed by atoms with Gasteiger partial charge in [-0.3, -0.25) is 4.79 Å². The van der Waals surface area contributed by atoms with Crippen molar-refractivity contribution < 1.29 is 22.7 Å². The summed E-state index contributed by atoms with van der Waals surface area (Å²) in [5, 5.41) is 2.59. The van der Waals surface area contributed by atoms with Crippen molar-refractivity contribution in [1.82, 2.24) is 4.31 Å². The van der Waals surface area contributed by atoms with Gasteiger partial charge < -0.3 is 10.1 Å². The molecule has 0 saturated heterocycles. The number of ether oxygens (including phenoxy) is 1. The topological polar surface area (TPSA) is 92.8 Å². The van der Waals surface area contributed by atoms with Gasteiger partial charge in [-0.2, -0.15) is 4.31 Å². The van der Waals surface area contributed by atoms with Crippen molar-refractivity contribution in [3.05, 3.63) is 65.7 Å². The first-order valence-corrected chi connectivity index (χ1v) is 10.1. The van der Waals surface area contributed by atoms with Crippen LogP contribution in [0.2, 0.25) is 0 Å². The quantitative estimate of drug-likeness (QED) is 0.733. The molecule has 27 heavy (non-hydrogen) atoms. The molecule has 2 aromatic carbocycles. The molecular formula is C19H22N2O5S. The smallest absolute Gasteiger partial charge is 0.339 e. The average molecular weight is 390 g/mol. The number of hydrogen-bond donors (Lipinski definition) is 1. The van der Waals surface area contributed by atoms with E-state index in [0.29, 0.717) is 0 Å². The molecule has 0 saturated carbocycles. The molecule has 0 spiro atoms. The number of carbonyl (C=O) groups excluding carboxylic acids is 2. The zero-order chi connectivity index (χ0) is 20.0. The summed E-state index contributed by atoms with van der Waals surface area (Å²) in [4.78, 5) is 24.3. The van der Waals surface area contributed by atoms with Crippen molar-refractivity contribution in [1.29, 1.82) is 0 Å². The van der Waals surface area contributed by atoms with Gasteiger partial charge in [0.25, 0.3) is 0 Å². The Kier molecular flexibility index (Phi) is 6.70. The second-order valence-electron chi connectivity index (χ2n) is 5.98. The van der Waals surface area contributed by atoms with E-state index in [0.717, 1.165) is 16.1 Å². The molecule has 1 N–H and O–H groups in total. The van der Waals surface area contributed by atoms with Crippen LogP contribution in [0.5, 0.6) is 0 Å². The summed E-state index contributed by atoms with van der Waals surface area (Å²) in [6.07, 6.45) is 1.06. The molecule has 1 atom stereocenters. The number of benzene rings is 2. The molecule has 1 unspecified atom stereocenters. The Morgan fingerprint density at radius 3 is 2.26 bits per heavy atom. The number of amides is 1. The van der Waals surface area contributed by atoms with Gasteiger partial charge in [0.05, 0.1) is 31.2 Å². The highest BCUT2D eigenvalue weighted by Crippen LogP contribution is 2.23. The van der Waals surface area contributed by atoms with Crippen LogP contribution in [0, 0.1) is 0 Å². The monoisotopic (exact) mass is 390 g/mol. The van der Waals surface area contributed by atoms with Gasteiger partial charge in [0.2, 0.25) is 15.9 Å². The Labute approximate surface area is 159 Å². The summed E-state index contributed by atoms with van der Waals surface area (Å²) in [6.45, 7) is 1.33. The minimum absolute atomic E-state index is 0.190. The minimum Gasteiger partial charge on any atom is -0.465 e. The van der Waals surface area contributed by atoms with Gasteiger partial charge in [0.15, 0.2) is 0 Å². The lowest BCUT2D eigenvalue weighted by molar-refractivity contribution is -0.116. The number of anilines is 1. The third kappa shape index (κ3) is 5.38. The van der Waals surface area contributed by atoms with Gasteiger partial charge >= 0.3 is 5.97 Å². The van der Waals surface area contributed by atoms with Gasteiger partial charge in [-0.25, -0.2) is 13.2 Å². The molecule has 8 heteroatoms. The summed E-state index contributed by atoms with van der Waals surface area (Å²) in [7, 11) is -2.41. The van der Waals surface area contributed by atoms with Gasteiger partial charge in [0, 0.05) is 6.04 Å². The van der Waals surface area contributed by atoms with Crippen LogP contribution in [-0.4, -0.2) is 44.5 Å². The number of esters is 1. The second kappa shape index (κ2) is 8.79. The molecule has 0 aliphatic rings. The molecule has 1 amide bonds. The van der Waals surface area contributed by atoms with Crippen molar-refractivity contribution in [2.75, 3.05) is 25.2 Å². The van der Waals surface area contributed by atoms with Gasteiger partial charge in [-0.05, 0) is 24.6 Å². The zero-order valence-corrected chi connectivity index (χ0v) is 16.2. The molecule has 2 rings (SSSR count). The predicted molar refractivity (Wildman–Crippen MR) is 103 cm³/mol. The first-order valence-electron chi connectivity index (χ1n) is 8.23. The number of para-hydroxylation sites is 1. The van der Waals surface area contributed by atoms with Gasteiger partial charge in [0.1, 0.15) is 0 Å². The standard InChI is InChI=1S/C19H22N2O5S/c1-14(15-9-5-4-6-10-15)21(27(3,24)25)13-18(22)20-17-12-8-7-11-16(17)19(23)26-2/h4-12,14H,13H2,1-3H3,(H,20,22). The molecule has 7 nitrogen and oxygen atoms in total. The number of rotatable bonds is 7. The molecule has 0 aromatic heterocycles. The largest absolute Gasteiger partial charge is 0.465 e.